The number of ether oxygens (including phenoxy) is 2. The zero-order valence-corrected chi connectivity index (χ0v) is 12.5. The van der Waals surface area contributed by atoms with Crippen LogP contribution in [0.2, 0.25) is 0 Å². The van der Waals surface area contributed by atoms with Crippen molar-refractivity contribution in [3.8, 4) is 0 Å². The Hall–Kier alpha value is -1.65. The molecule has 0 unspecified atom stereocenters. The molecule has 2 atom stereocenters. The van der Waals surface area contributed by atoms with Gasteiger partial charge in [-0.2, -0.15) is 0 Å². The molecule has 0 aromatic heterocycles. The number of esters is 1. The number of aliphatic hydroxyl groups is 1. The van der Waals surface area contributed by atoms with Crippen molar-refractivity contribution in [1.82, 2.24) is 0 Å². The van der Waals surface area contributed by atoms with Crippen LogP contribution in [-0.4, -0.2) is 36.0 Å². The summed E-state index contributed by atoms with van der Waals surface area (Å²) < 4.78 is 10.6. The van der Waals surface area contributed by atoms with Gasteiger partial charge in [-0.25, -0.2) is 4.79 Å². The molecular weight excluding hydrogens is 268 g/mol. The van der Waals surface area contributed by atoms with Gasteiger partial charge in [-0.3, -0.25) is 0 Å². The summed E-state index contributed by atoms with van der Waals surface area (Å²) >= 11 is 0. The third-order valence-corrected chi connectivity index (χ3v) is 3.81. The third kappa shape index (κ3) is 4.41. The van der Waals surface area contributed by atoms with Gasteiger partial charge in [-0.05, 0) is 44.9 Å². The van der Waals surface area contributed by atoms with Crippen molar-refractivity contribution in [3.05, 3.63) is 47.5 Å². The van der Waals surface area contributed by atoms with Crippen LogP contribution in [0, 0.1) is 0 Å². The van der Waals surface area contributed by atoms with Crippen LogP contribution in [0.3, 0.4) is 0 Å². The molecule has 1 N–H and O–H groups in total. The molecule has 1 saturated heterocycles. The number of carbonyl (C=O) groups is 1. The Kier molecular flexibility index (Phi) is 5.15. The molecule has 1 aliphatic heterocycles. The van der Waals surface area contributed by atoms with Crippen LogP contribution in [0.25, 0.3) is 0 Å². The lowest BCUT2D eigenvalue weighted by Crippen LogP contribution is -2.15. The fourth-order valence-corrected chi connectivity index (χ4v) is 2.17. The number of allylic oxidation sites excluding steroid dienone is 1. The van der Waals surface area contributed by atoms with E-state index in [-0.39, 0.29) is 30.9 Å². The van der Waals surface area contributed by atoms with Gasteiger partial charge in [0.25, 0.3) is 0 Å². The molecule has 4 heteroatoms. The van der Waals surface area contributed by atoms with Gasteiger partial charge in [0.15, 0.2) is 0 Å². The molecule has 0 radical (unpaired) electrons. The highest BCUT2D eigenvalue weighted by Gasteiger charge is 2.50. The van der Waals surface area contributed by atoms with Crippen LogP contribution in [0.15, 0.2) is 42.0 Å². The fourth-order valence-electron chi connectivity index (χ4n) is 2.17. The molecule has 0 amide bonds. The van der Waals surface area contributed by atoms with Crippen LogP contribution in [0.1, 0.15) is 37.0 Å². The van der Waals surface area contributed by atoms with E-state index in [1.807, 2.05) is 38.1 Å². The second-order valence-electron chi connectivity index (χ2n) is 5.63. The predicted octanol–water partition coefficient (Wildman–Crippen LogP) is 2.72. The lowest BCUT2D eigenvalue weighted by molar-refractivity contribution is 0.0549. The Morgan fingerprint density at radius 3 is 2.76 bits per heavy atom. The van der Waals surface area contributed by atoms with E-state index < -0.39 is 0 Å². The standard InChI is InChI=1S/C17H22O4/c1-13(8-9-15-17(2,12-18)21-15)10-11-20-16(19)14-6-4-3-5-7-14/h3-7,10,15,18H,8-9,11-12H2,1-2H3/b13-10+/t15-,17-/m0/s1. The van der Waals surface area contributed by atoms with Crippen molar-refractivity contribution < 1.29 is 19.4 Å². The summed E-state index contributed by atoms with van der Waals surface area (Å²) in [5.41, 5.74) is 1.38. The highest BCUT2D eigenvalue weighted by Crippen LogP contribution is 2.39. The molecule has 1 fully saturated rings. The molecule has 0 saturated carbocycles. The molecule has 2 rings (SSSR count). The van der Waals surface area contributed by atoms with Gasteiger partial charge in [0.2, 0.25) is 0 Å². The van der Waals surface area contributed by atoms with Gasteiger partial charge in [0.05, 0.1) is 18.3 Å². The summed E-state index contributed by atoms with van der Waals surface area (Å²) in [6, 6.07) is 8.95. The first-order chi connectivity index (χ1) is 10.0. The van der Waals surface area contributed by atoms with Crippen LogP contribution in [0.5, 0.6) is 0 Å². The highest BCUT2D eigenvalue weighted by atomic mass is 16.6. The maximum Gasteiger partial charge on any atom is 0.338 e. The number of hydrogen-bond acceptors (Lipinski definition) is 4. The SMILES string of the molecule is C/C(=C\COC(=O)c1ccccc1)CC[C@@H]1O[C@@]1(C)CO. The number of hydrogen-bond donors (Lipinski definition) is 1. The molecule has 1 aromatic carbocycles. The van der Waals surface area contributed by atoms with Crippen molar-refractivity contribution in [2.75, 3.05) is 13.2 Å². The summed E-state index contributed by atoms with van der Waals surface area (Å²) in [5, 5.41) is 9.11. The lowest BCUT2D eigenvalue weighted by atomic mass is 10.0. The molecule has 1 aliphatic rings. The molecule has 0 aliphatic carbocycles. The minimum absolute atomic E-state index is 0.0646. The first-order valence-corrected chi connectivity index (χ1v) is 7.21. The van der Waals surface area contributed by atoms with E-state index in [0.717, 1.165) is 18.4 Å². The summed E-state index contributed by atoms with van der Waals surface area (Å²) in [6.07, 6.45) is 3.81. The minimum Gasteiger partial charge on any atom is -0.458 e. The molecule has 114 valence electrons. The molecule has 0 spiro atoms. The monoisotopic (exact) mass is 290 g/mol. The second kappa shape index (κ2) is 6.87. The smallest absolute Gasteiger partial charge is 0.338 e. The van der Waals surface area contributed by atoms with Crippen LogP contribution >= 0.6 is 0 Å². The summed E-state index contributed by atoms with van der Waals surface area (Å²) in [6.45, 7) is 4.27. The average molecular weight is 290 g/mol. The second-order valence-corrected chi connectivity index (χ2v) is 5.63. The van der Waals surface area contributed by atoms with Gasteiger partial charge in [0.1, 0.15) is 12.2 Å². The zero-order valence-electron chi connectivity index (χ0n) is 12.5. The third-order valence-electron chi connectivity index (χ3n) is 3.81. The minimum atomic E-state index is -0.347. The number of epoxide rings is 1. The van der Waals surface area contributed by atoms with Crippen LogP contribution in [0.4, 0.5) is 0 Å². The molecular formula is C17H22O4. The first kappa shape index (κ1) is 15.7. The molecule has 1 aromatic rings. The van der Waals surface area contributed by atoms with E-state index in [1.165, 1.54) is 0 Å². The highest BCUT2D eigenvalue weighted by molar-refractivity contribution is 5.89. The van der Waals surface area contributed by atoms with Crippen molar-refractivity contribution in [2.24, 2.45) is 0 Å². The average Bonchev–Trinajstić information content (AvgIpc) is 3.17. The van der Waals surface area contributed by atoms with Gasteiger partial charge in [-0.1, -0.05) is 23.8 Å². The Labute approximate surface area is 125 Å². The Bertz CT molecular complexity index is 509. The maximum absolute atomic E-state index is 11.7. The maximum atomic E-state index is 11.7. The quantitative estimate of drug-likeness (QED) is 0.476. The Morgan fingerprint density at radius 2 is 2.14 bits per heavy atom. The van der Waals surface area contributed by atoms with E-state index >= 15 is 0 Å². The van der Waals surface area contributed by atoms with Gasteiger partial charge in [-0.15, -0.1) is 0 Å². The number of rotatable bonds is 7. The normalized spacial score (nSPS) is 24.7. The molecule has 0 bridgehead atoms. The van der Waals surface area contributed by atoms with Gasteiger partial charge in [0, 0.05) is 0 Å². The Balaban J connectivity index is 1.68. The van der Waals surface area contributed by atoms with Gasteiger partial charge < -0.3 is 14.6 Å². The van der Waals surface area contributed by atoms with Crippen molar-refractivity contribution >= 4 is 5.97 Å². The summed E-state index contributed by atoms with van der Waals surface area (Å²) in [7, 11) is 0. The number of aliphatic hydroxyl groups excluding tert-OH is 1. The van der Waals surface area contributed by atoms with Crippen LogP contribution in [-0.2, 0) is 9.47 Å². The van der Waals surface area contributed by atoms with E-state index in [1.54, 1.807) is 12.1 Å². The molecule has 4 nitrogen and oxygen atoms in total. The zero-order chi connectivity index (χ0) is 15.3. The first-order valence-electron chi connectivity index (χ1n) is 7.21. The van der Waals surface area contributed by atoms with E-state index in [0.29, 0.717) is 5.56 Å². The van der Waals surface area contributed by atoms with Crippen molar-refractivity contribution in [1.29, 1.82) is 0 Å². The van der Waals surface area contributed by atoms with E-state index in [2.05, 4.69) is 0 Å². The van der Waals surface area contributed by atoms with E-state index in [9.17, 15) is 4.79 Å². The van der Waals surface area contributed by atoms with Gasteiger partial charge >= 0.3 is 5.97 Å². The predicted molar refractivity (Wildman–Crippen MR) is 80.1 cm³/mol. The number of benzene rings is 1. The fraction of sp³-hybridized carbons (Fsp3) is 0.471. The Morgan fingerprint density at radius 1 is 1.43 bits per heavy atom. The largest absolute Gasteiger partial charge is 0.458 e. The lowest BCUT2D eigenvalue weighted by Gasteiger charge is -2.04. The summed E-state index contributed by atoms with van der Waals surface area (Å²) in [4.78, 5) is 11.7. The van der Waals surface area contributed by atoms with Crippen molar-refractivity contribution in [3.63, 3.8) is 0 Å². The topological polar surface area (TPSA) is 59.1 Å². The molecule has 1 heterocycles. The number of carbonyl (C=O) groups excluding carboxylic acids is 1. The van der Waals surface area contributed by atoms with Crippen molar-refractivity contribution in [2.45, 2.75) is 38.4 Å². The summed E-state index contributed by atoms with van der Waals surface area (Å²) in [5.74, 6) is -0.307. The van der Waals surface area contributed by atoms with Crippen LogP contribution < -0.4 is 0 Å². The van der Waals surface area contributed by atoms with E-state index in [4.69, 9.17) is 14.6 Å². The molecule has 21 heavy (non-hydrogen) atoms.